The normalized spacial score (nSPS) is 19.5. The number of aromatic nitrogens is 2. The third-order valence-electron chi connectivity index (χ3n) is 2.88. The summed E-state index contributed by atoms with van der Waals surface area (Å²) in [5.74, 6) is -0.322. The zero-order valence-corrected chi connectivity index (χ0v) is 9.52. The first kappa shape index (κ1) is 11.8. The topological polar surface area (TPSA) is 92.3 Å². The molecule has 17 heavy (non-hydrogen) atoms. The first-order chi connectivity index (χ1) is 8.08. The molecular weight excluding hydrogens is 224 g/mol. The summed E-state index contributed by atoms with van der Waals surface area (Å²) in [6, 6.07) is 0. The van der Waals surface area contributed by atoms with Gasteiger partial charge in [-0.1, -0.05) is 0 Å². The molecule has 0 bridgehead atoms. The molecule has 6 nitrogen and oxygen atoms in total. The van der Waals surface area contributed by atoms with E-state index in [4.69, 9.17) is 9.84 Å². The molecule has 2 N–H and O–H groups in total. The fraction of sp³-hybridized carbons (Fsp3) is 0.545. The molecule has 1 saturated heterocycles. The lowest BCUT2D eigenvalue weighted by Gasteiger charge is -2.09. The minimum absolute atomic E-state index is 0.111. The van der Waals surface area contributed by atoms with E-state index >= 15 is 0 Å². The van der Waals surface area contributed by atoms with Gasteiger partial charge in [-0.2, -0.15) is 0 Å². The van der Waals surface area contributed by atoms with E-state index in [2.05, 4.69) is 9.97 Å². The number of H-pyrrole nitrogens is 1. The van der Waals surface area contributed by atoms with Crippen LogP contribution in [0.5, 0.6) is 0 Å². The molecule has 1 aromatic rings. The van der Waals surface area contributed by atoms with Crippen LogP contribution in [0.15, 0.2) is 4.79 Å². The van der Waals surface area contributed by atoms with E-state index in [9.17, 15) is 9.59 Å². The number of aryl methyl sites for hydroxylation is 1. The average molecular weight is 238 g/mol. The number of aliphatic carboxylic acids is 1. The second-order valence-corrected chi connectivity index (χ2v) is 4.15. The Morgan fingerprint density at radius 3 is 2.94 bits per heavy atom. The Labute approximate surface area is 97.7 Å². The number of carbonyl (C=O) groups is 1. The lowest BCUT2D eigenvalue weighted by atomic mass is 10.1. The fourth-order valence-corrected chi connectivity index (χ4v) is 1.94. The summed E-state index contributed by atoms with van der Waals surface area (Å²) >= 11 is 0. The number of ether oxygens (including phenoxy) is 1. The van der Waals surface area contributed by atoms with Crippen molar-refractivity contribution in [3.8, 4) is 0 Å². The van der Waals surface area contributed by atoms with Crippen LogP contribution in [-0.2, 0) is 16.0 Å². The molecule has 0 radical (unpaired) electrons. The van der Waals surface area contributed by atoms with Gasteiger partial charge in [0.2, 0.25) is 0 Å². The highest BCUT2D eigenvalue weighted by molar-refractivity contribution is 5.70. The van der Waals surface area contributed by atoms with E-state index in [1.54, 1.807) is 6.92 Å². The number of carboxylic acids is 1. The number of hydrogen-bond acceptors (Lipinski definition) is 4. The molecule has 2 heterocycles. The predicted molar refractivity (Wildman–Crippen MR) is 59.1 cm³/mol. The largest absolute Gasteiger partial charge is 0.481 e. The van der Waals surface area contributed by atoms with Crippen LogP contribution in [0.1, 0.15) is 29.4 Å². The van der Waals surface area contributed by atoms with Gasteiger partial charge in [-0.05, 0) is 13.3 Å². The monoisotopic (exact) mass is 238 g/mol. The molecule has 0 aromatic carbocycles. The minimum atomic E-state index is -1.03. The lowest BCUT2D eigenvalue weighted by molar-refractivity contribution is -0.136. The highest BCUT2D eigenvalue weighted by atomic mass is 16.5. The third-order valence-corrected chi connectivity index (χ3v) is 2.88. The molecule has 0 saturated carbocycles. The first-order valence-corrected chi connectivity index (χ1v) is 5.47. The Morgan fingerprint density at radius 1 is 1.65 bits per heavy atom. The summed E-state index contributed by atoms with van der Waals surface area (Å²) in [5.41, 5.74) is 0.347. The maximum atomic E-state index is 11.8. The number of nitrogens with zero attached hydrogens (tertiary/aromatic N) is 1. The van der Waals surface area contributed by atoms with Crippen LogP contribution in [-0.4, -0.2) is 34.3 Å². The Balaban J connectivity index is 2.34. The Kier molecular flexibility index (Phi) is 3.23. The van der Waals surface area contributed by atoms with Crippen LogP contribution < -0.4 is 5.56 Å². The van der Waals surface area contributed by atoms with Crippen molar-refractivity contribution in [1.82, 2.24) is 9.97 Å². The van der Waals surface area contributed by atoms with Gasteiger partial charge >= 0.3 is 5.97 Å². The van der Waals surface area contributed by atoms with Crippen molar-refractivity contribution in [3.63, 3.8) is 0 Å². The highest BCUT2D eigenvalue weighted by Gasteiger charge is 2.21. The van der Waals surface area contributed by atoms with Crippen molar-refractivity contribution in [2.24, 2.45) is 0 Å². The van der Waals surface area contributed by atoms with E-state index in [1.807, 2.05) is 0 Å². The van der Waals surface area contributed by atoms with Crippen molar-refractivity contribution in [3.05, 3.63) is 27.4 Å². The van der Waals surface area contributed by atoms with E-state index in [-0.39, 0.29) is 23.5 Å². The summed E-state index contributed by atoms with van der Waals surface area (Å²) in [4.78, 5) is 29.3. The second kappa shape index (κ2) is 4.67. The van der Waals surface area contributed by atoms with Gasteiger partial charge in [-0.25, -0.2) is 4.98 Å². The van der Waals surface area contributed by atoms with Gasteiger partial charge < -0.3 is 14.8 Å². The van der Waals surface area contributed by atoms with Crippen molar-refractivity contribution >= 4 is 5.97 Å². The molecular formula is C11H14N2O4. The Bertz CT molecular complexity index is 489. The van der Waals surface area contributed by atoms with E-state index in [1.165, 1.54) is 0 Å². The van der Waals surface area contributed by atoms with Crippen LogP contribution in [0.25, 0.3) is 0 Å². The summed E-state index contributed by atoms with van der Waals surface area (Å²) < 4.78 is 5.23. The number of hydrogen-bond donors (Lipinski definition) is 2. The van der Waals surface area contributed by atoms with E-state index in [0.29, 0.717) is 24.7 Å². The molecule has 0 spiro atoms. The summed E-state index contributed by atoms with van der Waals surface area (Å²) in [7, 11) is 0. The van der Waals surface area contributed by atoms with Crippen molar-refractivity contribution in [2.45, 2.75) is 25.7 Å². The molecule has 1 unspecified atom stereocenters. The molecule has 2 rings (SSSR count). The van der Waals surface area contributed by atoms with Gasteiger partial charge in [0.25, 0.3) is 5.56 Å². The van der Waals surface area contributed by atoms with Crippen LogP contribution >= 0.6 is 0 Å². The van der Waals surface area contributed by atoms with Crippen molar-refractivity contribution in [1.29, 1.82) is 0 Å². The number of aromatic amines is 1. The summed E-state index contributed by atoms with van der Waals surface area (Å²) in [6.07, 6.45) is 0.538. The number of nitrogens with one attached hydrogen (secondary N) is 1. The van der Waals surface area contributed by atoms with Crippen LogP contribution in [0.2, 0.25) is 0 Å². The summed E-state index contributed by atoms with van der Waals surface area (Å²) in [6.45, 7) is 2.89. The summed E-state index contributed by atoms with van der Waals surface area (Å²) in [5, 5.41) is 8.70. The van der Waals surface area contributed by atoms with Crippen molar-refractivity contribution in [2.75, 3.05) is 13.2 Å². The molecule has 92 valence electrons. The molecule has 6 heteroatoms. The van der Waals surface area contributed by atoms with E-state index in [0.717, 1.165) is 6.42 Å². The van der Waals surface area contributed by atoms with Gasteiger partial charge in [0, 0.05) is 23.8 Å². The van der Waals surface area contributed by atoms with Crippen LogP contribution in [0, 0.1) is 6.92 Å². The quantitative estimate of drug-likeness (QED) is 0.785. The number of carboxylic acid groups (broad SMARTS) is 1. The lowest BCUT2D eigenvalue weighted by Crippen LogP contribution is -2.23. The Hall–Kier alpha value is -1.69. The van der Waals surface area contributed by atoms with Crippen LogP contribution in [0.3, 0.4) is 0 Å². The fourth-order valence-electron chi connectivity index (χ4n) is 1.94. The number of rotatable bonds is 3. The van der Waals surface area contributed by atoms with Crippen molar-refractivity contribution < 1.29 is 14.6 Å². The van der Waals surface area contributed by atoms with Gasteiger partial charge in [-0.3, -0.25) is 9.59 Å². The van der Waals surface area contributed by atoms with Gasteiger partial charge in [0.15, 0.2) is 0 Å². The van der Waals surface area contributed by atoms with Gasteiger partial charge in [0.05, 0.1) is 13.0 Å². The zero-order chi connectivity index (χ0) is 12.4. The van der Waals surface area contributed by atoms with E-state index < -0.39 is 5.97 Å². The SMILES string of the molecule is Cc1nc(C2CCOC2)[nH]c(=O)c1CC(=O)O. The van der Waals surface area contributed by atoms with Gasteiger partial charge in [0.1, 0.15) is 5.82 Å². The van der Waals surface area contributed by atoms with Gasteiger partial charge in [-0.15, -0.1) is 0 Å². The molecule has 1 aliphatic heterocycles. The molecule has 1 aliphatic rings. The molecule has 1 aromatic heterocycles. The third kappa shape index (κ3) is 2.52. The molecule has 1 fully saturated rings. The van der Waals surface area contributed by atoms with Crippen LogP contribution in [0.4, 0.5) is 0 Å². The standard InChI is InChI=1S/C11H14N2O4/c1-6-8(4-9(14)15)11(16)13-10(12-6)7-2-3-17-5-7/h7H,2-5H2,1H3,(H,14,15)(H,12,13,16). The minimum Gasteiger partial charge on any atom is -0.481 e. The zero-order valence-electron chi connectivity index (χ0n) is 9.52. The predicted octanol–water partition coefficient (Wildman–Crippen LogP) is 0.209. The Morgan fingerprint density at radius 2 is 2.41 bits per heavy atom. The molecule has 0 aliphatic carbocycles. The molecule has 0 amide bonds. The average Bonchev–Trinajstić information content (AvgIpc) is 2.76. The highest BCUT2D eigenvalue weighted by Crippen LogP contribution is 2.21. The second-order valence-electron chi connectivity index (χ2n) is 4.15. The molecule has 1 atom stereocenters. The maximum absolute atomic E-state index is 11.8. The first-order valence-electron chi connectivity index (χ1n) is 5.47. The smallest absolute Gasteiger partial charge is 0.308 e. The maximum Gasteiger partial charge on any atom is 0.308 e.